The Morgan fingerprint density at radius 3 is 2.32 bits per heavy atom. The van der Waals surface area contributed by atoms with Crippen LogP contribution in [0.2, 0.25) is 0 Å². The van der Waals surface area contributed by atoms with Crippen LogP contribution < -0.4 is 14.8 Å². The van der Waals surface area contributed by atoms with Gasteiger partial charge in [-0.05, 0) is 65.8 Å². The molecule has 0 aliphatic heterocycles. The molecule has 1 unspecified atom stereocenters. The van der Waals surface area contributed by atoms with Crippen LogP contribution in [0.3, 0.4) is 0 Å². The number of anilines is 1. The van der Waals surface area contributed by atoms with Crippen LogP contribution in [0.5, 0.6) is 11.5 Å². The lowest BCUT2D eigenvalue weighted by atomic mass is 9.91. The second kappa shape index (κ2) is 14.0. The fourth-order valence-corrected chi connectivity index (χ4v) is 4.39. The van der Waals surface area contributed by atoms with E-state index in [4.69, 9.17) is 9.47 Å². The normalized spacial score (nSPS) is 11.7. The molecule has 0 saturated heterocycles. The Morgan fingerprint density at radius 1 is 0.868 bits per heavy atom. The Hall–Kier alpha value is -4.12. The van der Waals surface area contributed by atoms with Crippen molar-refractivity contribution in [1.82, 2.24) is 4.98 Å². The van der Waals surface area contributed by atoms with Gasteiger partial charge in [0.25, 0.3) is 0 Å². The number of aromatic nitrogens is 1. The summed E-state index contributed by atoms with van der Waals surface area (Å²) in [5.74, 6) is 2.93. The number of para-hydroxylation sites is 1. The van der Waals surface area contributed by atoms with Crippen molar-refractivity contribution in [3.8, 4) is 11.5 Å². The largest absolute Gasteiger partial charge is 0.493 e. The summed E-state index contributed by atoms with van der Waals surface area (Å²) >= 11 is 0. The number of benzene rings is 3. The van der Waals surface area contributed by atoms with E-state index >= 15 is 0 Å². The molecule has 3 aromatic carbocycles. The van der Waals surface area contributed by atoms with Gasteiger partial charge in [-0.3, -0.25) is 4.79 Å². The van der Waals surface area contributed by atoms with Gasteiger partial charge >= 0.3 is 0 Å². The van der Waals surface area contributed by atoms with Gasteiger partial charge < -0.3 is 14.8 Å². The van der Waals surface area contributed by atoms with Crippen molar-refractivity contribution >= 4 is 11.7 Å². The summed E-state index contributed by atoms with van der Waals surface area (Å²) in [6, 6.07) is 31.9. The van der Waals surface area contributed by atoms with E-state index in [0.717, 1.165) is 29.0 Å². The highest BCUT2D eigenvalue weighted by Gasteiger charge is 2.16. The van der Waals surface area contributed by atoms with Gasteiger partial charge in [0.1, 0.15) is 23.9 Å². The zero-order valence-corrected chi connectivity index (χ0v) is 22.2. The van der Waals surface area contributed by atoms with E-state index in [0.29, 0.717) is 37.8 Å². The van der Waals surface area contributed by atoms with E-state index in [1.807, 2.05) is 66.7 Å². The first-order chi connectivity index (χ1) is 18.6. The van der Waals surface area contributed by atoms with Crippen LogP contribution in [-0.4, -0.2) is 17.5 Å². The van der Waals surface area contributed by atoms with Crippen molar-refractivity contribution in [2.45, 2.75) is 45.6 Å². The van der Waals surface area contributed by atoms with Crippen LogP contribution in [-0.2, 0) is 17.8 Å². The molecule has 196 valence electrons. The van der Waals surface area contributed by atoms with E-state index in [1.165, 1.54) is 5.56 Å². The van der Waals surface area contributed by atoms with Crippen LogP contribution in [0.25, 0.3) is 0 Å². The number of carbonyl (C=O) groups excluding carboxylic acids is 1. The number of rotatable bonds is 13. The molecule has 38 heavy (non-hydrogen) atoms. The van der Waals surface area contributed by atoms with Gasteiger partial charge in [-0.25, -0.2) is 4.98 Å². The summed E-state index contributed by atoms with van der Waals surface area (Å²) in [5, 5.41) is 2.86. The molecular weight excluding hydrogens is 472 g/mol. The summed E-state index contributed by atoms with van der Waals surface area (Å²) in [6.07, 6.45) is 3.59. The number of amides is 1. The zero-order valence-electron chi connectivity index (χ0n) is 22.2. The molecular formula is C33H36N2O3. The van der Waals surface area contributed by atoms with Gasteiger partial charge in [0.15, 0.2) is 0 Å². The van der Waals surface area contributed by atoms with Gasteiger partial charge in [0.05, 0.1) is 6.61 Å². The molecule has 0 radical (unpaired) electrons. The number of nitrogens with zero attached hydrogens (tertiary/aromatic N) is 1. The van der Waals surface area contributed by atoms with E-state index in [2.05, 4.69) is 48.4 Å². The van der Waals surface area contributed by atoms with E-state index in [1.54, 1.807) is 12.3 Å². The second-order valence-corrected chi connectivity index (χ2v) is 9.86. The van der Waals surface area contributed by atoms with Crippen molar-refractivity contribution in [1.29, 1.82) is 0 Å². The molecule has 0 saturated carbocycles. The molecule has 5 nitrogen and oxygen atoms in total. The molecule has 1 amide bonds. The molecule has 1 heterocycles. The SMILES string of the molecule is CC(C)CC(COc1cc(COc2ccccc2)ccc1CCC(=O)Nc1ccccn1)c1ccccc1. The average molecular weight is 509 g/mol. The van der Waals surface area contributed by atoms with Crippen molar-refractivity contribution in [3.05, 3.63) is 120 Å². The summed E-state index contributed by atoms with van der Waals surface area (Å²) < 4.78 is 12.5. The minimum atomic E-state index is -0.0758. The number of pyridine rings is 1. The second-order valence-electron chi connectivity index (χ2n) is 9.86. The first-order valence-corrected chi connectivity index (χ1v) is 13.2. The van der Waals surface area contributed by atoms with Crippen LogP contribution in [0.15, 0.2) is 103 Å². The highest BCUT2D eigenvalue weighted by atomic mass is 16.5. The minimum Gasteiger partial charge on any atom is -0.493 e. The molecule has 5 heteroatoms. The summed E-state index contributed by atoms with van der Waals surface area (Å²) in [7, 11) is 0. The standard InChI is InChI=1S/C33H36N2O3/c1-25(2)21-29(27-11-5-3-6-12-27)24-38-31-22-26(23-37-30-13-7-4-8-14-30)16-17-28(31)18-19-33(36)35-32-15-9-10-20-34-32/h3-17,20,22,25,29H,18-19,21,23-24H2,1-2H3,(H,34,35,36). The lowest BCUT2D eigenvalue weighted by Gasteiger charge is -2.22. The van der Waals surface area contributed by atoms with E-state index in [9.17, 15) is 4.79 Å². The molecule has 0 bridgehead atoms. The Bertz CT molecular complexity index is 1260. The zero-order chi connectivity index (χ0) is 26.6. The lowest BCUT2D eigenvalue weighted by molar-refractivity contribution is -0.116. The fraction of sp³-hybridized carbons (Fsp3) is 0.273. The Labute approximate surface area is 225 Å². The Morgan fingerprint density at radius 2 is 1.61 bits per heavy atom. The number of nitrogens with one attached hydrogen (secondary N) is 1. The van der Waals surface area contributed by atoms with Crippen molar-refractivity contribution in [3.63, 3.8) is 0 Å². The van der Waals surface area contributed by atoms with Crippen molar-refractivity contribution in [2.24, 2.45) is 5.92 Å². The quantitative estimate of drug-likeness (QED) is 0.204. The molecule has 4 rings (SSSR count). The van der Waals surface area contributed by atoms with Crippen LogP contribution >= 0.6 is 0 Å². The average Bonchev–Trinajstić information content (AvgIpc) is 2.95. The fourth-order valence-electron chi connectivity index (χ4n) is 4.39. The summed E-state index contributed by atoms with van der Waals surface area (Å²) in [6.45, 7) is 5.49. The number of ether oxygens (including phenoxy) is 2. The molecule has 1 atom stereocenters. The van der Waals surface area contributed by atoms with Crippen molar-refractivity contribution in [2.75, 3.05) is 11.9 Å². The Balaban J connectivity index is 1.48. The monoisotopic (exact) mass is 508 g/mol. The molecule has 1 aromatic heterocycles. The molecule has 0 aliphatic carbocycles. The predicted octanol–water partition coefficient (Wildman–Crippen LogP) is 7.44. The first kappa shape index (κ1) is 26.9. The lowest BCUT2D eigenvalue weighted by Crippen LogP contribution is -2.15. The number of carbonyl (C=O) groups is 1. The topological polar surface area (TPSA) is 60.5 Å². The van der Waals surface area contributed by atoms with Gasteiger partial charge in [0.2, 0.25) is 5.91 Å². The van der Waals surface area contributed by atoms with Gasteiger partial charge in [-0.1, -0.05) is 80.6 Å². The predicted molar refractivity (Wildman–Crippen MR) is 153 cm³/mol. The van der Waals surface area contributed by atoms with Gasteiger partial charge in [0, 0.05) is 18.5 Å². The smallest absolute Gasteiger partial charge is 0.225 e. The molecule has 0 spiro atoms. The maximum atomic E-state index is 12.6. The third kappa shape index (κ3) is 8.48. The number of hydrogen-bond donors (Lipinski definition) is 1. The number of hydrogen-bond acceptors (Lipinski definition) is 4. The maximum Gasteiger partial charge on any atom is 0.225 e. The van der Waals surface area contributed by atoms with Crippen LogP contribution in [0.1, 0.15) is 49.3 Å². The van der Waals surface area contributed by atoms with Crippen molar-refractivity contribution < 1.29 is 14.3 Å². The molecule has 4 aromatic rings. The molecule has 0 aliphatic rings. The highest BCUT2D eigenvalue weighted by Crippen LogP contribution is 2.28. The summed E-state index contributed by atoms with van der Waals surface area (Å²) in [5.41, 5.74) is 3.30. The third-order valence-corrected chi connectivity index (χ3v) is 6.30. The maximum absolute atomic E-state index is 12.6. The third-order valence-electron chi connectivity index (χ3n) is 6.30. The molecule has 0 fully saturated rings. The minimum absolute atomic E-state index is 0.0758. The van der Waals surface area contributed by atoms with Crippen LogP contribution in [0, 0.1) is 5.92 Å². The Kier molecular flexibility index (Phi) is 9.91. The van der Waals surface area contributed by atoms with Crippen LogP contribution in [0.4, 0.5) is 5.82 Å². The number of aryl methyl sites for hydroxylation is 1. The van der Waals surface area contributed by atoms with E-state index < -0.39 is 0 Å². The van der Waals surface area contributed by atoms with E-state index in [-0.39, 0.29) is 11.8 Å². The van der Waals surface area contributed by atoms with Gasteiger partial charge in [-0.15, -0.1) is 0 Å². The molecule has 1 N–H and O–H groups in total. The van der Waals surface area contributed by atoms with Gasteiger partial charge in [-0.2, -0.15) is 0 Å². The first-order valence-electron chi connectivity index (χ1n) is 13.2. The highest BCUT2D eigenvalue weighted by molar-refractivity contribution is 5.89. The summed E-state index contributed by atoms with van der Waals surface area (Å²) in [4.78, 5) is 16.8.